The molecule has 0 aliphatic carbocycles. The van der Waals surface area contributed by atoms with Crippen LogP contribution in [-0.4, -0.2) is 42.9 Å². The summed E-state index contributed by atoms with van der Waals surface area (Å²) in [5, 5.41) is 3.54. The Hall–Kier alpha value is -1.75. The summed E-state index contributed by atoms with van der Waals surface area (Å²) in [5.74, 6) is 0.269. The standard InChI is InChI=1S/C20H30ClN3O2/c1-4-5-6-7-19(25)22-16-8-9-18(17(21)14-16)23-10-12-24(13-11-23)20(26)15(2)3/h8-9,14-15H,4-7,10-13H2,1-3H3,(H,22,25). The molecule has 0 aromatic heterocycles. The molecule has 0 spiro atoms. The predicted molar refractivity (Wildman–Crippen MR) is 108 cm³/mol. The molecule has 0 radical (unpaired) electrons. The molecule has 144 valence electrons. The number of rotatable bonds is 7. The molecule has 26 heavy (non-hydrogen) atoms. The van der Waals surface area contributed by atoms with E-state index >= 15 is 0 Å². The van der Waals surface area contributed by atoms with E-state index in [9.17, 15) is 9.59 Å². The highest BCUT2D eigenvalue weighted by molar-refractivity contribution is 6.33. The number of carbonyl (C=O) groups excluding carboxylic acids is 2. The molecule has 6 heteroatoms. The molecule has 1 aliphatic rings. The lowest BCUT2D eigenvalue weighted by Gasteiger charge is -2.37. The first-order valence-corrected chi connectivity index (χ1v) is 9.93. The molecule has 1 fully saturated rings. The number of nitrogens with one attached hydrogen (secondary N) is 1. The topological polar surface area (TPSA) is 52.7 Å². The summed E-state index contributed by atoms with van der Waals surface area (Å²) in [6.45, 7) is 8.94. The van der Waals surface area contributed by atoms with Crippen LogP contribution in [0.4, 0.5) is 11.4 Å². The third-order valence-electron chi connectivity index (χ3n) is 4.66. The van der Waals surface area contributed by atoms with Crippen LogP contribution in [0.25, 0.3) is 0 Å². The summed E-state index contributed by atoms with van der Waals surface area (Å²) < 4.78 is 0. The van der Waals surface area contributed by atoms with E-state index in [1.165, 1.54) is 0 Å². The molecule has 0 atom stereocenters. The van der Waals surface area contributed by atoms with Gasteiger partial charge >= 0.3 is 0 Å². The normalized spacial score (nSPS) is 14.7. The average molecular weight is 380 g/mol. The molecule has 1 heterocycles. The smallest absolute Gasteiger partial charge is 0.225 e. The minimum absolute atomic E-state index is 0.0306. The van der Waals surface area contributed by atoms with Crippen LogP contribution >= 0.6 is 11.6 Å². The Balaban J connectivity index is 1.92. The number of amides is 2. The third kappa shape index (κ3) is 5.63. The summed E-state index contributed by atoms with van der Waals surface area (Å²) in [7, 11) is 0. The van der Waals surface area contributed by atoms with Crippen LogP contribution in [0.3, 0.4) is 0 Å². The van der Waals surface area contributed by atoms with Gasteiger partial charge in [-0.1, -0.05) is 45.2 Å². The lowest BCUT2D eigenvalue weighted by molar-refractivity contribution is -0.134. The molecule has 1 aliphatic heterocycles. The van der Waals surface area contributed by atoms with Crippen LogP contribution in [0.1, 0.15) is 46.5 Å². The Morgan fingerprint density at radius 3 is 2.42 bits per heavy atom. The largest absolute Gasteiger partial charge is 0.367 e. The highest BCUT2D eigenvalue weighted by Crippen LogP contribution is 2.30. The van der Waals surface area contributed by atoms with Crippen LogP contribution in [0.2, 0.25) is 5.02 Å². The fraction of sp³-hybridized carbons (Fsp3) is 0.600. The Morgan fingerprint density at radius 2 is 1.85 bits per heavy atom. The Bertz CT molecular complexity index is 625. The van der Waals surface area contributed by atoms with Gasteiger partial charge in [0, 0.05) is 44.2 Å². The van der Waals surface area contributed by atoms with Gasteiger partial charge in [0.15, 0.2) is 0 Å². The molecule has 2 rings (SSSR count). The van der Waals surface area contributed by atoms with Gasteiger partial charge in [0.25, 0.3) is 0 Å². The van der Waals surface area contributed by atoms with Crippen molar-refractivity contribution in [2.45, 2.75) is 46.5 Å². The van der Waals surface area contributed by atoms with Crippen molar-refractivity contribution >= 4 is 34.8 Å². The number of benzene rings is 1. The molecule has 1 aromatic carbocycles. The van der Waals surface area contributed by atoms with Crippen molar-refractivity contribution in [3.8, 4) is 0 Å². The van der Waals surface area contributed by atoms with Gasteiger partial charge in [0.2, 0.25) is 11.8 Å². The van der Waals surface area contributed by atoms with E-state index in [0.29, 0.717) is 24.5 Å². The molecule has 0 saturated carbocycles. The number of halogens is 1. The summed E-state index contributed by atoms with van der Waals surface area (Å²) in [5.41, 5.74) is 1.68. The molecule has 2 amide bonds. The molecule has 1 N–H and O–H groups in total. The Morgan fingerprint density at radius 1 is 1.15 bits per heavy atom. The van der Waals surface area contributed by atoms with E-state index in [1.54, 1.807) is 6.07 Å². The highest BCUT2D eigenvalue weighted by Gasteiger charge is 2.24. The summed E-state index contributed by atoms with van der Waals surface area (Å²) in [6.07, 6.45) is 3.62. The minimum atomic E-state index is 0.0306. The van der Waals surface area contributed by atoms with E-state index in [1.807, 2.05) is 30.9 Å². The van der Waals surface area contributed by atoms with Crippen molar-refractivity contribution in [3.05, 3.63) is 23.2 Å². The zero-order valence-electron chi connectivity index (χ0n) is 16.1. The number of piperazine rings is 1. The van der Waals surface area contributed by atoms with Crippen LogP contribution in [-0.2, 0) is 9.59 Å². The van der Waals surface area contributed by atoms with Crippen molar-refractivity contribution in [1.29, 1.82) is 0 Å². The summed E-state index contributed by atoms with van der Waals surface area (Å²) in [6, 6.07) is 5.65. The van der Waals surface area contributed by atoms with Crippen molar-refractivity contribution in [1.82, 2.24) is 4.90 Å². The maximum Gasteiger partial charge on any atom is 0.225 e. The van der Waals surface area contributed by atoms with Gasteiger partial charge in [-0.2, -0.15) is 0 Å². The summed E-state index contributed by atoms with van der Waals surface area (Å²) in [4.78, 5) is 28.1. The van der Waals surface area contributed by atoms with Crippen LogP contribution in [0, 0.1) is 5.92 Å². The third-order valence-corrected chi connectivity index (χ3v) is 4.97. The second kappa shape index (κ2) is 9.81. The molecule has 0 bridgehead atoms. The number of nitrogens with zero attached hydrogens (tertiary/aromatic N) is 2. The van der Waals surface area contributed by atoms with Gasteiger partial charge in [-0.05, 0) is 24.6 Å². The van der Waals surface area contributed by atoms with Crippen LogP contribution in [0.5, 0.6) is 0 Å². The van der Waals surface area contributed by atoms with Crippen molar-refractivity contribution in [2.24, 2.45) is 5.92 Å². The lowest BCUT2D eigenvalue weighted by Crippen LogP contribution is -2.50. The van der Waals surface area contributed by atoms with E-state index in [-0.39, 0.29) is 17.7 Å². The fourth-order valence-corrected chi connectivity index (χ4v) is 3.43. The minimum Gasteiger partial charge on any atom is -0.367 e. The highest BCUT2D eigenvalue weighted by atomic mass is 35.5. The number of hydrogen-bond acceptors (Lipinski definition) is 3. The zero-order chi connectivity index (χ0) is 19.1. The molecule has 1 saturated heterocycles. The SMILES string of the molecule is CCCCCC(=O)Nc1ccc(N2CCN(C(=O)C(C)C)CC2)c(Cl)c1. The molecule has 0 unspecified atom stereocenters. The average Bonchev–Trinajstić information content (AvgIpc) is 2.61. The fourth-order valence-electron chi connectivity index (χ4n) is 3.13. The monoisotopic (exact) mass is 379 g/mol. The first-order valence-electron chi connectivity index (χ1n) is 9.55. The predicted octanol–water partition coefficient (Wildman–Crippen LogP) is 4.16. The summed E-state index contributed by atoms with van der Waals surface area (Å²) >= 11 is 6.45. The van der Waals surface area contributed by atoms with E-state index < -0.39 is 0 Å². The first-order chi connectivity index (χ1) is 12.4. The molecular weight excluding hydrogens is 350 g/mol. The van der Waals surface area contributed by atoms with E-state index in [4.69, 9.17) is 11.6 Å². The second-order valence-corrected chi connectivity index (χ2v) is 7.55. The van der Waals surface area contributed by atoms with E-state index in [0.717, 1.165) is 43.7 Å². The molecular formula is C20H30ClN3O2. The van der Waals surface area contributed by atoms with Crippen LogP contribution in [0.15, 0.2) is 18.2 Å². The van der Waals surface area contributed by atoms with Crippen LogP contribution < -0.4 is 10.2 Å². The number of hydrogen-bond donors (Lipinski definition) is 1. The van der Waals surface area contributed by atoms with Crippen molar-refractivity contribution in [3.63, 3.8) is 0 Å². The Labute approximate surface area is 161 Å². The quantitative estimate of drug-likeness (QED) is 0.723. The van der Waals surface area contributed by atoms with Gasteiger partial charge in [-0.15, -0.1) is 0 Å². The van der Waals surface area contributed by atoms with Gasteiger partial charge in [-0.25, -0.2) is 0 Å². The van der Waals surface area contributed by atoms with Gasteiger partial charge in [0.1, 0.15) is 0 Å². The lowest BCUT2D eigenvalue weighted by atomic mass is 10.1. The maximum absolute atomic E-state index is 12.1. The number of anilines is 2. The molecule has 1 aromatic rings. The van der Waals surface area contributed by atoms with Crippen molar-refractivity contribution in [2.75, 3.05) is 36.4 Å². The first kappa shape index (κ1) is 20.6. The number of unbranched alkanes of at least 4 members (excludes halogenated alkanes) is 2. The van der Waals surface area contributed by atoms with Gasteiger partial charge in [-0.3, -0.25) is 9.59 Å². The maximum atomic E-state index is 12.1. The van der Waals surface area contributed by atoms with Gasteiger partial charge < -0.3 is 15.1 Å². The zero-order valence-corrected chi connectivity index (χ0v) is 16.8. The van der Waals surface area contributed by atoms with Crippen molar-refractivity contribution < 1.29 is 9.59 Å². The number of carbonyl (C=O) groups is 2. The Kier molecular flexibility index (Phi) is 7.76. The van der Waals surface area contributed by atoms with E-state index in [2.05, 4.69) is 17.1 Å². The van der Waals surface area contributed by atoms with Gasteiger partial charge in [0.05, 0.1) is 10.7 Å². The molecule has 5 nitrogen and oxygen atoms in total. The second-order valence-electron chi connectivity index (χ2n) is 7.14.